The fraction of sp³-hybridized carbons (Fsp3) is 0.585. The second-order valence-corrected chi connectivity index (χ2v) is 24.5. The van der Waals surface area contributed by atoms with Crippen molar-refractivity contribution in [1.82, 2.24) is 35.4 Å². The Hall–Kier alpha value is -4.59. The zero-order valence-corrected chi connectivity index (χ0v) is 44.5. The van der Waals surface area contributed by atoms with Crippen LogP contribution in [0.15, 0.2) is 64.2 Å². The number of hydrogen-bond acceptors (Lipinski definition) is 14. The largest absolute Gasteiger partial charge is 0.490 e. The van der Waals surface area contributed by atoms with E-state index in [1.54, 1.807) is 32.1 Å². The van der Waals surface area contributed by atoms with Crippen LogP contribution in [0.1, 0.15) is 96.7 Å². The molecule has 3 amide bonds. The van der Waals surface area contributed by atoms with Crippen LogP contribution in [-0.2, 0) is 20.9 Å². The van der Waals surface area contributed by atoms with Crippen molar-refractivity contribution in [2.75, 3.05) is 56.0 Å². The Balaban J connectivity index is 0.761. The molecule has 2 aromatic carbocycles. The maximum Gasteiger partial charge on any atom is 0.258 e. The summed E-state index contributed by atoms with van der Waals surface area (Å²) in [5.74, 6) is 0.377. The second kappa shape index (κ2) is 21.7. The lowest BCUT2D eigenvalue weighted by Gasteiger charge is -2.43. The summed E-state index contributed by atoms with van der Waals surface area (Å²) in [4.78, 5) is 62.8. The van der Waals surface area contributed by atoms with Crippen molar-refractivity contribution >= 4 is 63.9 Å². The lowest BCUT2D eigenvalue weighted by Crippen LogP contribution is -2.59. The Morgan fingerprint density at radius 2 is 1.78 bits per heavy atom. The van der Waals surface area contributed by atoms with Crippen LogP contribution < -0.4 is 31.3 Å². The SMILES string of the molecule is Cc1ncsc1-c1ccc(CNC(=O)[C@@H]2C[C@@H](O)CN2C(=O)[C@@H](NC(=O)C2(F)CC2)C(C)(C)C)c(OC2CCC(CN3CC(Nc4cccc(Sc5cnc(N6CCC(C)(CN)CC6)cn5)c4Cl)C3)CC2)c1. The van der Waals surface area contributed by atoms with Gasteiger partial charge in [0.1, 0.15) is 28.7 Å². The molecule has 0 radical (unpaired) electrons. The highest BCUT2D eigenvalue weighted by molar-refractivity contribution is 7.99. The van der Waals surface area contributed by atoms with Gasteiger partial charge < -0.3 is 41.3 Å². The number of benzene rings is 2. The van der Waals surface area contributed by atoms with Gasteiger partial charge in [-0.2, -0.15) is 0 Å². The van der Waals surface area contributed by atoms with E-state index in [9.17, 15) is 23.9 Å². The summed E-state index contributed by atoms with van der Waals surface area (Å²) < 4.78 is 21.5. The Kier molecular flexibility index (Phi) is 15.8. The predicted octanol–water partition coefficient (Wildman–Crippen LogP) is 7.62. The summed E-state index contributed by atoms with van der Waals surface area (Å²) in [5.41, 5.74) is 8.93. The number of nitrogens with zero attached hydrogens (tertiary/aromatic N) is 6. The number of ether oxygens (including phenoxy) is 1. The maximum absolute atomic E-state index is 14.7. The third kappa shape index (κ3) is 12.2. The smallest absolute Gasteiger partial charge is 0.258 e. The van der Waals surface area contributed by atoms with Gasteiger partial charge in [-0.25, -0.2) is 19.3 Å². The molecule has 2 saturated carbocycles. The molecule has 388 valence electrons. The number of piperidine rings is 1. The molecule has 0 bridgehead atoms. The van der Waals surface area contributed by atoms with Crippen LogP contribution in [0.25, 0.3) is 10.4 Å². The van der Waals surface area contributed by atoms with E-state index in [4.69, 9.17) is 32.0 Å². The maximum atomic E-state index is 14.7. The summed E-state index contributed by atoms with van der Waals surface area (Å²) in [5, 5.41) is 21.5. The van der Waals surface area contributed by atoms with Crippen LogP contribution in [0.5, 0.6) is 5.75 Å². The Morgan fingerprint density at radius 1 is 1.03 bits per heavy atom. The van der Waals surface area contributed by atoms with Gasteiger partial charge in [0, 0.05) is 62.7 Å². The first-order valence-corrected chi connectivity index (χ1v) is 27.6. The molecule has 72 heavy (non-hydrogen) atoms. The third-order valence-electron chi connectivity index (χ3n) is 15.4. The zero-order chi connectivity index (χ0) is 51.0. The molecule has 6 N–H and O–H groups in total. The van der Waals surface area contributed by atoms with E-state index in [-0.39, 0.29) is 43.9 Å². The van der Waals surface area contributed by atoms with Crippen LogP contribution in [0, 0.1) is 23.7 Å². The number of aliphatic hydroxyl groups excluding tert-OH is 1. The fourth-order valence-corrected chi connectivity index (χ4v) is 12.3. The number of thiazole rings is 1. The first-order valence-electron chi connectivity index (χ1n) is 25.6. The van der Waals surface area contributed by atoms with Gasteiger partial charge in [-0.05, 0) is 105 Å². The number of carbonyl (C=O) groups excluding carboxylic acids is 3. The molecule has 3 aliphatic heterocycles. The lowest BCUT2D eigenvalue weighted by molar-refractivity contribution is -0.145. The minimum Gasteiger partial charge on any atom is -0.490 e. The molecule has 19 heteroatoms. The summed E-state index contributed by atoms with van der Waals surface area (Å²) in [6.45, 7) is 15.1. The minimum absolute atomic E-state index is 0.000212. The van der Waals surface area contributed by atoms with Crippen molar-refractivity contribution in [3.63, 3.8) is 0 Å². The highest BCUT2D eigenvalue weighted by Gasteiger charge is 2.53. The van der Waals surface area contributed by atoms with Gasteiger partial charge in [-0.15, -0.1) is 11.3 Å². The molecule has 0 spiro atoms. The second-order valence-electron chi connectivity index (χ2n) is 22.2. The predicted molar refractivity (Wildman–Crippen MR) is 281 cm³/mol. The highest BCUT2D eigenvalue weighted by Crippen LogP contribution is 2.42. The number of likely N-dealkylation sites (tertiary alicyclic amines) is 2. The van der Waals surface area contributed by atoms with Gasteiger partial charge >= 0.3 is 0 Å². The van der Waals surface area contributed by atoms with Gasteiger partial charge in [-0.1, -0.05) is 69.3 Å². The van der Waals surface area contributed by atoms with Crippen LogP contribution in [0.3, 0.4) is 0 Å². The first kappa shape index (κ1) is 52.3. The van der Waals surface area contributed by atoms with Crippen LogP contribution >= 0.6 is 34.7 Å². The Bertz CT molecular complexity index is 2570. The van der Waals surface area contributed by atoms with E-state index < -0.39 is 47.0 Å². The molecule has 4 aromatic rings. The number of aliphatic hydroxyl groups is 1. The summed E-state index contributed by atoms with van der Waals surface area (Å²) >= 11 is 10.1. The first-order chi connectivity index (χ1) is 34.4. The van der Waals surface area contributed by atoms with Crippen molar-refractivity contribution in [2.45, 2.75) is 145 Å². The number of hydrogen-bond donors (Lipinski definition) is 5. The number of aryl methyl sites for hydroxylation is 1. The molecular formula is C53H70ClFN10O5S2. The Morgan fingerprint density at radius 3 is 2.43 bits per heavy atom. The number of β-amino-alcohol motifs (C(OH)–C–C–N with tert-alkyl or cyclic N) is 1. The fourth-order valence-electron chi connectivity index (χ4n) is 10.4. The van der Waals surface area contributed by atoms with Gasteiger partial charge in [0.25, 0.3) is 5.91 Å². The number of rotatable bonds is 17. The number of aromatic nitrogens is 3. The summed E-state index contributed by atoms with van der Waals surface area (Å²) in [7, 11) is 0. The van der Waals surface area contributed by atoms with Crippen LogP contribution in [0.4, 0.5) is 15.9 Å². The van der Waals surface area contributed by atoms with Gasteiger partial charge in [0.15, 0.2) is 5.67 Å². The summed E-state index contributed by atoms with van der Waals surface area (Å²) in [6, 6.07) is 10.3. The van der Waals surface area contributed by atoms with Gasteiger partial charge in [0.2, 0.25) is 11.8 Å². The van der Waals surface area contributed by atoms with Gasteiger partial charge in [-0.3, -0.25) is 19.3 Å². The molecule has 9 rings (SSSR count). The molecule has 2 aliphatic carbocycles. The monoisotopic (exact) mass is 1040 g/mol. The van der Waals surface area contributed by atoms with E-state index in [0.717, 1.165) is 114 Å². The van der Waals surface area contributed by atoms with E-state index >= 15 is 0 Å². The molecule has 5 fully saturated rings. The van der Waals surface area contributed by atoms with Crippen LogP contribution in [-0.4, -0.2) is 129 Å². The average Bonchev–Trinajstić information content (AvgIpc) is 3.76. The van der Waals surface area contributed by atoms with Gasteiger partial charge in [0.05, 0.1) is 57.4 Å². The van der Waals surface area contributed by atoms with Crippen molar-refractivity contribution in [1.29, 1.82) is 0 Å². The van der Waals surface area contributed by atoms with Crippen LogP contribution in [0.2, 0.25) is 5.02 Å². The molecule has 3 atom stereocenters. The number of halogens is 2. The molecule has 5 aliphatic rings. The number of anilines is 2. The Labute approximate surface area is 436 Å². The van der Waals surface area contributed by atoms with E-state index in [0.29, 0.717) is 29.3 Å². The molecule has 0 unspecified atom stereocenters. The lowest BCUT2D eigenvalue weighted by atomic mass is 9.80. The topological polar surface area (TPSA) is 191 Å². The summed E-state index contributed by atoms with van der Waals surface area (Å²) in [6.07, 6.45) is 9.02. The zero-order valence-electron chi connectivity index (χ0n) is 42.1. The molecular weight excluding hydrogens is 975 g/mol. The molecule has 5 heterocycles. The molecule has 2 aromatic heterocycles. The normalized spacial score (nSPS) is 23.5. The van der Waals surface area contributed by atoms with E-state index in [1.807, 2.05) is 61.2 Å². The number of carbonyl (C=O) groups is 3. The number of nitrogens with two attached hydrogens (primary N) is 1. The number of alkyl halides is 1. The standard InChI is InChI=1S/C53H70ClFN10O5S2/c1-32-46(71-31-60-32)34-11-12-35(23-59-48(67)40-22-37(66)29-65(40)49(68)47(51(2,3)4)62-50(69)53(55)15-16-53)41(21-34)70-38-13-9-33(10-14-38)26-63-27-36(28-63)61-39-7-6-8-42(45(39)54)72-44-25-57-43(24-58-44)64-19-17-52(5,30-56)18-20-64/h6-8,11-12,21,24-25,31,33,36-38,40,47,61,66H,9-10,13-20,22-23,26-30,56H2,1-5H3,(H,59,67)(H,62,69)/t33?,37-,38?,40+,47-/m1/s1. The van der Waals surface area contributed by atoms with E-state index in [2.05, 4.69) is 37.7 Å². The molecule has 3 saturated heterocycles. The van der Waals surface area contributed by atoms with Crippen molar-refractivity contribution in [3.05, 3.63) is 70.6 Å². The highest BCUT2D eigenvalue weighted by atomic mass is 35.5. The number of nitrogens with one attached hydrogen (secondary N) is 3. The van der Waals surface area contributed by atoms with Crippen molar-refractivity contribution in [3.8, 4) is 16.2 Å². The van der Waals surface area contributed by atoms with Crippen molar-refractivity contribution < 1.29 is 28.6 Å². The minimum atomic E-state index is -1.96. The average molecular weight is 1050 g/mol. The molecule has 15 nitrogen and oxygen atoms in total. The van der Waals surface area contributed by atoms with E-state index in [1.165, 1.54) is 16.7 Å². The van der Waals surface area contributed by atoms with Crippen molar-refractivity contribution in [2.24, 2.45) is 22.5 Å². The third-order valence-corrected chi connectivity index (χ3v) is 17.9. The number of amides is 3. The quantitative estimate of drug-likeness (QED) is 0.0695.